The molecule has 1 aliphatic rings. The van der Waals surface area contributed by atoms with Gasteiger partial charge < -0.3 is 14.4 Å². The molecule has 38 heavy (non-hydrogen) atoms. The Morgan fingerprint density at radius 2 is 1.71 bits per heavy atom. The van der Waals surface area contributed by atoms with Crippen molar-refractivity contribution in [2.75, 3.05) is 19.7 Å². The maximum Gasteiger partial charge on any atom is 0.410 e. The van der Waals surface area contributed by atoms with E-state index in [-0.39, 0.29) is 35.3 Å². The van der Waals surface area contributed by atoms with Crippen LogP contribution >= 0.6 is 11.3 Å². The fourth-order valence-corrected chi connectivity index (χ4v) is 5.15. The van der Waals surface area contributed by atoms with E-state index in [1.54, 1.807) is 11.8 Å². The third-order valence-electron chi connectivity index (χ3n) is 6.29. The zero-order chi connectivity index (χ0) is 27.1. The molecule has 0 N–H and O–H groups in total. The summed E-state index contributed by atoms with van der Waals surface area (Å²) in [6.45, 7) is 2.58. The molecule has 3 aromatic rings. The minimum Gasteiger partial charge on any atom is -0.461 e. The summed E-state index contributed by atoms with van der Waals surface area (Å²) >= 11 is 1.03. The van der Waals surface area contributed by atoms with Crippen molar-refractivity contribution in [3.63, 3.8) is 0 Å². The molecule has 0 bridgehead atoms. The van der Waals surface area contributed by atoms with Crippen LogP contribution in [0.5, 0.6) is 0 Å². The Morgan fingerprint density at radius 1 is 1.03 bits per heavy atom. The van der Waals surface area contributed by atoms with Gasteiger partial charge in [0.1, 0.15) is 23.3 Å². The van der Waals surface area contributed by atoms with Crippen LogP contribution in [0.2, 0.25) is 0 Å². The molecule has 2 aromatic carbocycles. The highest BCUT2D eigenvalue weighted by atomic mass is 32.1. The molecule has 198 valence electrons. The first kappa shape index (κ1) is 27.1. The van der Waals surface area contributed by atoms with E-state index in [1.807, 2.05) is 30.3 Å². The van der Waals surface area contributed by atoms with Crippen molar-refractivity contribution in [2.24, 2.45) is 5.92 Å². The number of carbonyl (C=O) groups excluding carboxylic acids is 4. The largest absolute Gasteiger partial charge is 0.461 e. The summed E-state index contributed by atoms with van der Waals surface area (Å²) in [4.78, 5) is 57.6. The Bertz CT molecular complexity index is 1290. The third kappa shape index (κ3) is 6.49. The molecule has 10 heteroatoms. The van der Waals surface area contributed by atoms with Crippen LogP contribution in [0.4, 0.5) is 9.18 Å². The van der Waals surface area contributed by atoms with E-state index in [0.29, 0.717) is 25.9 Å². The van der Waals surface area contributed by atoms with E-state index in [0.717, 1.165) is 29.0 Å². The van der Waals surface area contributed by atoms with E-state index in [9.17, 15) is 23.6 Å². The van der Waals surface area contributed by atoms with Crippen LogP contribution in [-0.2, 0) is 20.9 Å². The molecular formula is C28H27FN2O6S. The molecule has 0 spiro atoms. The Labute approximate surface area is 223 Å². The Morgan fingerprint density at radius 3 is 2.37 bits per heavy atom. The minimum atomic E-state index is -1.25. The molecule has 1 unspecified atom stereocenters. The molecule has 1 aliphatic heterocycles. The quantitative estimate of drug-likeness (QED) is 0.214. The van der Waals surface area contributed by atoms with Crippen LogP contribution in [0.3, 0.4) is 0 Å². The van der Waals surface area contributed by atoms with Gasteiger partial charge in [-0.2, -0.15) is 0 Å². The lowest BCUT2D eigenvalue weighted by molar-refractivity contribution is -0.124. The molecule has 4 rings (SSSR count). The van der Waals surface area contributed by atoms with E-state index in [1.165, 1.54) is 17.5 Å². The first-order valence-electron chi connectivity index (χ1n) is 12.3. The second-order valence-electron chi connectivity index (χ2n) is 8.80. The van der Waals surface area contributed by atoms with Crippen LogP contribution < -0.4 is 0 Å². The summed E-state index contributed by atoms with van der Waals surface area (Å²) in [7, 11) is 0. The van der Waals surface area contributed by atoms with Gasteiger partial charge in [0.05, 0.1) is 6.61 Å². The fraction of sp³-hybridized carbons (Fsp3) is 0.321. The van der Waals surface area contributed by atoms with E-state index in [2.05, 4.69) is 4.98 Å². The van der Waals surface area contributed by atoms with Crippen molar-refractivity contribution < 1.29 is 33.0 Å². The van der Waals surface area contributed by atoms with Crippen molar-refractivity contribution in [1.82, 2.24) is 9.88 Å². The number of halogens is 1. The number of rotatable bonds is 9. The van der Waals surface area contributed by atoms with Gasteiger partial charge >= 0.3 is 12.1 Å². The van der Waals surface area contributed by atoms with Gasteiger partial charge in [-0.05, 0) is 49.6 Å². The third-order valence-corrected chi connectivity index (χ3v) is 7.20. The molecule has 1 saturated heterocycles. The first-order valence-corrected chi connectivity index (χ1v) is 13.2. The van der Waals surface area contributed by atoms with E-state index < -0.39 is 35.5 Å². The molecule has 1 fully saturated rings. The van der Waals surface area contributed by atoms with Crippen LogP contribution in [0, 0.1) is 11.7 Å². The standard InChI is InChI=1S/C28H27FN2O6S/c1-2-36-27(34)22-17-38-26(30-22)23(24(32)19-8-10-21(29)11-9-19)25(33)20-12-14-31(15-13-20)28(35)37-16-18-6-4-3-5-7-18/h3-11,17,20,23H,2,12-16H2,1H3. The van der Waals surface area contributed by atoms with Crippen LogP contribution in [0.1, 0.15) is 57.1 Å². The van der Waals surface area contributed by atoms with Gasteiger partial charge in [0.2, 0.25) is 0 Å². The molecule has 1 atom stereocenters. The first-order chi connectivity index (χ1) is 18.4. The molecule has 8 nitrogen and oxygen atoms in total. The van der Waals surface area contributed by atoms with Gasteiger partial charge in [-0.1, -0.05) is 30.3 Å². The van der Waals surface area contributed by atoms with Crippen molar-refractivity contribution in [1.29, 1.82) is 0 Å². The number of benzene rings is 2. The monoisotopic (exact) mass is 538 g/mol. The minimum absolute atomic E-state index is 0.0209. The average molecular weight is 539 g/mol. The molecule has 0 radical (unpaired) electrons. The molecule has 1 aromatic heterocycles. The smallest absolute Gasteiger partial charge is 0.410 e. The number of hydrogen-bond donors (Lipinski definition) is 0. The number of ketones is 2. The lowest BCUT2D eigenvalue weighted by Crippen LogP contribution is -2.42. The van der Waals surface area contributed by atoms with Crippen molar-refractivity contribution in [2.45, 2.75) is 32.3 Å². The van der Waals surface area contributed by atoms with E-state index in [4.69, 9.17) is 9.47 Å². The summed E-state index contributed by atoms with van der Waals surface area (Å²) in [6, 6.07) is 14.3. The summed E-state index contributed by atoms with van der Waals surface area (Å²) in [6.07, 6.45) is 0.239. The number of carbonyl (C=O) groups is 4. The van der Waals surface area contributed by atoms with Crippen molar-refractivity contribution >= 4 is 35.0 Å². The number of likely N-dealkylation sites (tertiary alicyclic amines) is 1. The summed E-state index contributed by atoms with van der Waals surface area (Å²) < 4.78 is 23.8. The number of piperidine rings is 1. The number of hydrogen-bond acceptors (Lipinski definition) is 8. The topological polar surface area (TPSA) is 103 Å². The predicted molar refractivity (Wildman–Crippen MR) is 137 cm³/mol. The number of esters is 1. The van der Waals surface area contributed by atoms with Gasteiger partial charge in [-0.3, -0.25) is 9.59 Å². The molecule has 0 aliphatic carbocycles. The Balaban J connectivity index is 1.46. The summed E-state index contributed by atoms with van der Waals surface area (Å²) in [5.41, 5.74) is 1.06. The maximum atomic E-state index is 13.7. The number of ether oxygens (including phenoxy) is 2. The summed E-state index contributed by atoms with van der Waals surface area (Å²) in [5, 5.41) is 1.63. The normalized spacial score (nSPS) is 14.5. The maximum absolute atomic E-state index is 13.7. The van der Waals surface area contributed by atoms with Gasteiger partial charge in [0.25, 0.3) is 0 Å². The number of thiazole rings is 1. The second-order valence-corrected chi connectivity index (χ2v) is 9.69. The van der Waals surface area contributed by atoms with Crippen LogP contribution in [0.15, 0.2) is 60.0 Å². The molecular weight excluding hydrogens is 511 g/mol. The van der Waals surface area contributed by atoms with Gasteiger partial charge in [-0.25, -0.2) is 19.0 Å². The van der Waals surface area contributed by atoms with Crippen molar-refractivity contribution in [3.8, 4) is 0 Å². The number of nitrogens with zero attached hydrogens (tertiary/aromatic N) is 2. The Kier molecular flexibility index (Phi) is 8.96. The highest BCUT2D eigenvalue weighted by Gasteiger charge is 2.38. The highest BCUT2D eigenvalue weighted by Crippen LogP contribution is 2.32. The zero-order valence-corrected chi connectivity index (χ0v) is 21.6. The average Bonchev–Trinajstić information content (AvgIpc) is 3.43. The van der Waals surface area contributed by atoms with Gasteiger partial charge in [-0.15, -0.1) is 11.3 Å². The SMILES string of the molecule is CCOC(=O)c1csc(C(C(=O)c2ccc(F)cc2)C(=O)C2CCN(C(=O)OCc3ccccc3)CC2)n1. The second kappa shape index (κ2) is 12.6. The lowest BCUT2D eigenvalue weighted by Gasteiger charge is -2.31. The van der Waals surface area contributed by atoms with Crippen LogP contribution in [-0.4, -0.2) is 53.2 Å². The molecule has 2 heterocycles. The van der Waals surface area contributed by atoms with E-state index >= 15 is 0 Å². The predicted octanol–water partition coefficient (Wildman–Crippen LogP) is 5.04. The number of Topliss-reactive ketones (excluding diaryl/α,β-unsaturated/α-hetero) is 2. The molecule has 0 saturated carbocycles. The van der Waals surface area contributed by atoms with Crippen LogP contribution in [0.25, 0.3) is 0 Å². The van der Waals surface area contributed by atoms with Gasteiger partial charge in [0.15, 0.2) is 17.3 Å². The Hall–Kier alpha value is -3.92. The van der Waals surface area contributed by atoms with Gasteiger partial charge in [0, 0.05) is 30.0 Å². The fourth-order valence-electron chi connectivity index (χ4n) is 4.26. The zero-order valence-electron chi connectivity index (χ0n) is 20.8. The van der Waals surface area contributed by atoms with Crippen molar-refractivity contribution in [3.05, 3.63) is 87.6 Å². The number of aromatic nitrogens is 1. The molecule has 1 amide bonds. The summed E-state index contributed by atoms with van der Waals surface area (Å²) in [5.74, 6) is -3.77. The number of amides is 1. The highest BCUT2D eigenvalue weighted by molar-refractivity contribution is 7.10. The lowest BCUT2D eigenvalue weighted by atomic mass is 9.82.